The first-order chi connectivity index (χ1) is 10.7. The Morgan fingerprint density at radius 3 is 1.62 bits per heavy atom. The monoisotopic (exact) mass is 366 g/mol. The van der Waals surface area contributed by atoms with Gasteiger partial charge < -0.3 is 14.2 Å². The third-order valence-corrected chi connectivity index (χ3v) is 2.28. The molecule has 0 atom stereocenters. The summed E-state index contributed by atoms with van der Waals surface area (Å²) in [5, 5.41) is 0. The van der Waals surface area contributed by atoms with E-state index in [1.165, 1.54) is 6.92 Å². The molecule has 0 aromatic heterocycles. The second kappa shape index (κ2) is 7.53. The summed E-state index contributed by atoms with van der Waals surface area (Å²) in [6.07, 6.45) is -12.7. The van der Waals surface area contributed by atoms with Gasteiger partial charge in [-0.2, -0.15) is 26.3 Å². The Bertz CT molecular complexity index is 507. The van der Waals surface area contributed by atoms with E-state index < -0.39 is 49.1 Å². The van der Waals surface area contributed by atoms with Crippen molar-refractivity contribution in [2.75, 3.05) is 13.2 Å². The number of hydrogen-bond donors (Lipinski definition) is 0. The molecule has 0 aliphatic heterocycles. The molecule has 0 aromatic rings. The van der Waals surface area contributed by atoms with Crippen molar-refractivity contribution in [3.8, 4) is 0 Å². The molecular formula is C12H12F6O6. The van der Waals surface area contributed by atoms with Crippen LogP contribution < -0.4 is 0 Å². The quantitative estimate of drug-likeness (QED) is 0.235. The number of ether oxygens (including phenoxy) is 3. The van der Waals surface area contributed by atoms with Gasteiger partial charge in [-0.1, -0.05) is 6.58 Å². The molecule has 138 valence electrons. The highest BCUT2D eigenvalue weighted by Crippen LogP contribution is 2.46. The van der Waals surface area contributed by atoms with E-state index in [1.54, 1.807) is 0 Å². The first-order valence-corrected chi connectivity index (χ1v) is 5.99. The lowest BCUT2D eigenvalue weighted by Gasteiger charge is -2.33. The molecule has 0 radical (unpaired) electrons. The topological polar surface area (TPSA) is 78.9 Å². The lowest BCUT2D eigenvalue weighted by atomic mass is 10.0. The van der Waals surface area contributed by atoms with Crippen LogP contribution in [0, 0.1) is 0 Å². The standard InChI is InChI=1S/C12H12F6O6/c1-6(2)8(20)22-4-5-23-9(21)10(11(13,14)15,12(16,17)18)24-7(3)19/h1,4-5H2,2-3H3. The maximum atomic E-state index is 12.8. The summed E-state index contributed by atoms with van der Waals surface area (Å²) in [6, 6.07) is 0. The number of alkyl halides is 6. The molecule has 0 spiro atoms. The zero-order valence-electron chi connectivity index (χ0n) is 12.3. The van der Waals surface area contributed by atoms with Crippen LogP contribution in [0.5, 0.6) is 0 Å². The van der Waals surface area contributed by atoms with E-state index in [0.717, 1.165) is 0 Å². The molecule has 0 N–H and O–H groups in total. The summed E-state index contributed by atoms with van der Waals surface area (Å²) >= 11 is 0. The highest BCUT2D eigenvalue weighted by molar-refractivity contribution is 5.87. The summed E-state index contributed by atoms with van der Waals surface area (Å²) in [6.45, 7) is 2.69. The number of halogens is 6. The fourth-order valence-corrected chi connectivity index (χ4v) is 1.26. The van der Waals surface area contributed by atoms with Gasteiger partial charge in [0.15, 0.2) is 0 Å². The summed E-state index contributed by atoms with van der Waals surface area (Å²) in [4.78, 5) is 33.0. The Labute approximate surface area is 131 Å². The molecule has 12 heteroatoms. The number of hydrogen-bond acceptors (Lipinski definition) is 6. The maximum absolute atomic E-state index is 12.8. The minimum Gasteiger partial charge on any atom is -0.459 e. The van der Waals surface area contributed by atoms with E-state index >= 15 is 0 Å². The zero-order valence-corrected chi connectivity index (χ0v) is 12.3. The summed E-state index contributed by atoms with van der Waals surface area (Å²) in [5.74, 6) is -5.91. The van der Waals surface area contributed by atoms with Crippen LogP contribution in [0.4, 0.5) is 26.3 Å². The Morgan fingerprint density at radius 2 is 1.29 bits per heavy atom. The van der Waals surface area contributed by atoms with E-state index in [0.29, 0.717) is 0 Å². The zero-order chi connectivity index (χ0) is 19.3. The average molecular weight is 366 g/mol. The summed E-state index contributed by atoms with van der Waals surface area (Å²) < 4.78 is 88.4. The molecule has 0 heterocycles. The largest absolute Gasteiger partial charge is 0.459 e. The summed E-state index contributed by atoms with van der Waals surface area (Å²) in [7, 11) is 0. The molecule has 0 amide bonds. The minimum absolute atomic E-state index is 0.0961. The molecule has 0 unspecified atom stereocenters. The van der Waals surface area contributed by atoms with Crippen molar-refractivity contribution in [1.29, 1.82) is 0 Å². The molecule has 0 aliphatic carbocycles. The van der Waals surface area contributed by atoms with Crippen LogP contribution in [0.2, 0.25) is 0 Å². The normalized spacial score (nSPS) is 12.3. The van der Waals surface area contributed by atoms with Crippen LogP contribution >= 0.6 is 0 Å². The fraction of sp³-hybridized carbons (Fsp3) is 0.583. The molecule has 0 bridgehead atoms. The van der Waals surface area contributed by atoms with Gasteiger partial charge in [0.25, 0.3) is 0 Å². The van der Waals surface area contributed by atoms with E-state index in [4.69, 9.17) is 0 Å². The van der Waals surface area contributed by atoms with Crippen molar-refractivity contribution < 1.29 is 54.9 Å². The molecule has 0 aromatic carbocycles. The minimum atomic E-state index is -6.33. The fourth-order valence-electron chi connectivity index (χ4n) is 1.26. The molecule has 24 heavy (non-hydrogen) atoms. The number of rotatable bonds is 6. The van der Waals surface area contributed by atoms with Gasteiger partial charge in [0.1, 0.15) is 13.2 Å². The molecule has 0 rings (SSSR count). The van der Waals surface area contributed by atoms with Crippen LogP contribution in [-0.2, 0) is 28.6 Å². The molecule has 0 saturated carbocycles. The molecule has 0 aliphatic rings. The van der Waals surface area contributed by atoms with Gasteiger partial charge in [-0.3, -0.25) is 4.79 Å². The van der Waals surface area contributed by atoms with Crippen LogP contribution in [0.25, 0.3) is 0 Å². The van der Waals surface area contributed by atoms with Crippen LogP contribution in [0.15, 0.2) is 12.2 Å². The predicted octanol–water partition coefficient (Wildman–Crippen LogP) is 2.08. The molecule has 0 fully saturated rings. The van der Waals surface area contributed by atoms with Gasteiger partial charge in [0.2, 0.25) is 0 Å². The number of carbonyl (C=O) groups excluding carboxylic acids is 3. The number of esters is 3. The highest BCUT2D eigenvalue weighted by Gasteiger charge is 2.80. The van der Waals surface area contributed by atoms with Crippen LogP contribution in [0.3, 0.4) is 0 Å². The summed E-state index contributed by atoms with van der Waals surface area (Å²) in [5.41, 5.74) is -5.58. The lowest BCUT2D eigenvalue weighted by Crippen LogP contribution is -2.65. The van der Waals surface area contributed by atoms with Crippen LogP contribution in [0.1, 0.15) is 13.8 Å². The van der Waals surface area contributed by atoms with Gasteiger partial charge in [0.05, 0.1) is 0 Å². The molecule has 6 nitrogen and oxygen atoms in total. The third kappa shape index (κ3) is 4.86. The van der Waals surface area contributed by atoms with Gasteiger partial charge >= 0.3 is 35.9 Å². The Balaban J connectivity index is 5.30. The second-order valence-electron chi connectivity index (χ2n) is 4.32. The van der Waals surface area contributed by atoms with Crippen molar-refractivity contribution in [3.05, 3.63) is 12.2 Å². The van der Waals surface area contributed by atoms with E-state index in [2.05, 4.69) is 20.8 Å². The third-order valence-electron chi connectivity index (χ3n) is 2.28. The highest BCUT2D eigenvalue weighted by atomic mass is 19.4. The Hall–Kier alpha value is -2.27. The van der Waals surface area contributed by atoms with Gasteiger partial charge in [-0.25, -0.2) is 9.59 Å². The maximum Gasteiger partial charge on any atom is 0.449 e. The molecular weight excluding hydrogens is 354 g/mol. The van der Waals surface area contributed by atoms with Gasteiger partial charge in [0, 0.05) is 12.5 Å². The lowest BCUT2D eigenvalue weighted by molar-refractivity contribution is -0.358. The van der Waals surface area contributed by atoms with Crippen molar-refractivity contribution in [3.63, 3.8) is 0 Å². The van der Waals surface area contributed by atoms with Crippen molar-refractivity contribution in [2.45, 2.75) is 31.8 Å². The van der Waals surface area contributed by atoms with Crippen molar-refractivity contribution >= 4 is 17.9 Å². The molecule has 0 saturated heterocycles. The first-order valence-electron chi connectivity index (χ1n) is 5.99. The Morgan fingerprint density at radius 1 is 0.875 bits per heavy atom. The average Bonchev–Trinajstić information content (AvgIpc) is 2.36. The van der Waals surface area contributed by atoms with Crippen LogP contribution in [-0.4, -0.2) is 49.1 Å². The van der Waals surface area contributed by atoms with Gasteiger partial charge in [-0.05, 0) is 6.92 Å². The second-order valence-corrected chi connectivity index (χ2v) is 4.32. The van der Waals surface area contributed by atoms with E-state index in [-0.39, 0.29) is 12.5 Å². The Kier molecular flexibility index (Phi) is 6.82. The predicted molar refractivity (Wildman–Crippen MR) is 63.3 cm³/mol. The number of carbonyl (C=O) groups is 3. The van der Waals surface area contributed by atoms with E-state index in [9.17, 15) is 40.7 Å². The first kappa shape index (κ1) is 21.7. The smallest absolute Gasteiger partial charge is 0.449 e. The SMILES string of the molecule is C=C(C)C(=O)OCCOC(=O)C(OC(C)=O)(C(F)(F)F)C(F)(F)F. The van der Waals surface area contributed by atoms with Gasteiger partial charge in [-0.15, -0.1) is 0 Å². The van der Waals surface area contributed by atoms with E-state index in [1.807, 2.05) is 0 Å². The van der Waals surface area contributed by atoms with Crippen molar-refractivity contribution in [2.24, 2.45) is 0 Å². The van der Waals surface area contributed by atoms with Crippen molar-refractivity contribution in [1.82, 2.24) is 0 Å².